The average molecular weight is 301 g/mol. The molecular formula is C14H14F3NO3. The van der Waals surface area contributed by atoms with Crippen molar-refractivity contribution in [1.29, 1.82) is 0 Å². The summed E-state index contributed by atoms with van der Waals surface area (Å²) in [5, 5.41) is 11.3. The molecule has 0 aromatic heterocycles. The number of hydrogen-bond donors (Lipinski definition) is 2. The van der Waals surface area contributed by atoms with E-state index < -0.39 is 23.6 Å². The summed E-state index contributed by atoms with van der Waals surface area (Å²) in [6.07, 6.45) is -1.46. The van der Waals surface area contributed by atoms with Gasteiger partial charge in [-0.2, -0.15) is 13.2 Å². The summed E-state index contributed by atoms with van der Waals surface area (Å²) < 4.78 is 38.0. The molecule has 2 N–H and O–H groups in total. The van der Waals surface area contributed by atoms with Gasteiger partial charge < -0.3 is 10.4 Å². The number of aromatic carboxylic acids is 1. The molecule has 1 aliphatic rings. The van der Waals surface area contributed by atoms with Crippen LogP contribution in [0.1, 0.15) is 41.6 Å². The van der Waals surface area contributed by atoms with Crippen LogP contribution < -0.4 is 5.32 Å². The third kappa shape index (κ3) is 3.53. The third-order valence-electron chi connectivity index (χ3n) is 3.56. The van der Waals surface area contributed by atoms with E-state index in [1.807, 2.05) is 0 Å². The van der Waals surface area contributed by atoms with E-state index in [1.165, 1.54) is 0 Å². The molecule has 1 fully saturated rings. The summed E-state index contributed by atoms with van der Waals surface area (Å²) >= 11 is 0. The zero-order chi connectivity index (χ0) is 15.6. The maximum Gasteiger partial charge on any atom is 0.416 e. The van der Waals surface area contributed by atoms with Gasteiger partial charge in [0.2, 0.25) is 5.91 Å². The molecule has 7 heteroatoms. The van der Waals surface area contributed by atoms with Crippen LogP contribution in [0.25, 0.3) is 0 Å². The lowest BCUT2D eigenvalue weighted by molar-refractivity contribution is -0.137. The van der Waals surface area contributed by atoms with Gasteiger partial charge in [0, 0.05) is 5.92 Å². The molecule has 1 saturated carbocycles. The monoisotopic (exact) mass is 301 g/mol. The number of amides is 1. The van der Waals surface area contributed by atoms with Crippen molar-refractivity contribution in [1.82, 2.24) is 0 Å². The summed E-state index contributed by atoms with van der Waals surface area (Å²) in [6, 6.07) is 2.21. The Hall–Kier alpha value is -2.05. The van der Waals surface area contributed by atoms with Gasteiger partial charge in [-0.25, -0.2) is 4.79 Å². The Bertz CT molecular complexity index is 563. The summed E-state index contributed by atoms with van der Waals surface area (Å²) in [6.45, 7) is 0. The average Bonchev–Trinajstić information content (AvgIpc) is 2.91. The van der Waals surface area contributed by atoms with Crippen LogP contribution >= 0.6 is 0 Å². The first-order chi connectivity index (χ1) is 9.79. The van der Waals surface area contributed by atoms with E-state index in [9.17, 15) is 22.8 Å². The van der Waals surface area contributed by atoms with Crippen molar-refractivity contribution in [3.05, 3.63) is 29.3 Å². The van der Waals surface area contributed by atoms with Crippen molar-refractivity contribution in [2.45, 2.75) is 31.9 Å². The van der Waals surface area contributed by atoms with Crippen LogP contribution in [0.3, 0.4) is 0 Å². The zero-order valence-corrected chi connectivity index (χ0v) is 11.0. The predicted molar refractivity (Wildman–Crippen MR) is 69.0 cm³/mol. The quantitative estimate of drug-likeness (QED) is 0.897. The normalized spacial score (nSPS) is 16.0. The Morgan fingerprint density at radius 3 is 2.33 bits per heavy atom. The van der Waals surface area contributed by atoms with Gasteiger partial charge in [-0.1, -0.05) is 12.8 Å². The first kappa shape index (κ1) is 15.3. The lowest BCUT2D eigenvalue weighted by Crippen LogP contribution is -2.22. The molecule has 0 spiro atoms. The Labute approximate surface area is 119 Å². The Morgan fingerprint density at radius 1 is 1.19 bits per heavy atom. The molecule has 21 heavy (non-hydrogen) atoms. The summed E-state index contributed by atoms with van der Waals surface area (Å²) in [7, 11) is 0. The molecule has 0 unspecified atom stereocenters. The van der Waals surface area contributed by atoms with Crippen LogP contribution in [0.15, 0.2) is 18.2 Å². The Balaban J connectivity index is 2.30. The number of carboxylic acids is 1. The number of halogens is 3. The van der Waals surface area contributed by atoms with Gasteiger partial charge in [0.15, 0.2) is 0 Å². The van der Waals surface area contributed by atoms with E-state index in [4.69, 9.17) is 5.11 Å². The molecular weight excluding hydrogens is 287 g/mol. The number of anilines is 1. The van der Waals surface area contributed by atoms with Crippen molar-refractivity contribution >= 4 is 17.6 Å². The topological polar surface area (TPSA) is 66.4 Å². The molecule has 114 valence electrons. The highest BCUT2D eigenvalue weighted by Gasteiger charge is 2.32. The van der Waals surface area contributed by atoms with Gasteiger partial charge in [0.05, 0.1) is 16.8 Å². The van der Waals surface area contributed by atoms with Crippen LogP contribution in [-0.4, -0.2) is 17.0 Å². The fourth-order valence-corrected chi connectivity index (χ4v) is 2.43. The van der Waals surface area contributed by atoms with Crippen molar-refractivity contribution in [2.24, 2.45) is 5.92 Å². The van der Waals surface area contributed by atoms with E-state index in [1.54, 1.807) is 0 Å². The van der Waals surface area contributed by atoms with Crippen LogP contribution in [0.4, 0.5) is 18.9 Å². The second-order valence-corrected chi connectivity index (χ2v) is 5.03. The van der Waals surface area contributed by atoms with Crippen LogP contribution in [0.5, 0.6) is 0 Å². The lowest BCUT2D eigenvalue weighted by Gasteiger charge is -2.14. The lowest BCUT2D eigenvalue weighted by atomic mass is 10.1. The molecule has 1 aromatic carbocycles. The van der Waals surface area contributed by atoms with Gasteiger partial charge in [0.25, 0.3) is 0 Å². The van der Waals surface area contributed by atoms with Crippen molar-refractivity contribution in [3.8, 4) is 0 Å². The van der Waals surface area contributed by atoms with E-state index >= 15 is 0 Å². The van der Waals surface area contributed by atoms with E-state index in [0.29, 0.717) is 25.0 Å². The SMILES string of the molecule is O=C(O)c1ccc(C(F)(F)F)cc1NC(=O)C1CCCC1. The van der Waals surface area contributed by atoms with E-state index in [0.717, 1.165) is 18.9 Å². The standard InChI is InChI=1S/C14H14F3NO3/c15-14(16,17)9-5-6-10(13(20)21)11(7-9)18-12(19)8-3-1-2-4-8/h5-8H,1-4H2,(H,18,19)(H,20,21). The summed E-state index contributed by atoms with van der Waals surface area (Å²) in [4.78, 5) is 23.0. The van der Waals surface area contributed by atoms with Gasteiger partial charge >= 0.3 is 12.1 Å². The highest BCUT2D eigenvalue weighted by molar-refractivity contribution is 6.01. The minimum atomic E-state index is -4.59. The fourth-order valence-electron chi connectivity index (χ4n) is 2.43. The van der Waals surface area contributed by atoms with Gasteiger partial charge in [-0.05, 0) is 31.0 Å². The highest BCUT2D eigenvalue weighted by Crippen LogP contribution is 2.33. The fraction of sp³-hybridized carbons (Fsp3) is 0.429. The second kappa shape index (κ2) is 5.75. The number of carboxylic acid groups (broad SMARTS) is 1. The number of alkyl halides is 3. The van der Waals surface area contributed by atoms with Crippen molar-refractivity contribution in [2.75, 3.05) is 5.32 Å². The minimum absolute atomic E-state index is 0.263. The molecule has 4 nitrogen and oxygen atoms in total. The number of carbonyl (C=O) groups is 2. The largest absolute Gasteiger partial charge is 0.478 e. The Morgan fingerprint density at radius 2 is 1.81 bits per heavy atom. The molecule has 1 aliphatic carbocycles. The smallest absolute Gasteiger partial charge is 0.416 e. The maximum atomic E-state index is 12.7. The first-order valence-electron chi connectivity index (χ1n) is 6.54. The molecule has 0 heterocycles. The zero-order valence-electron chi connectivity index (χ0n) is 11.0. The van der Waals surface area contributed by atoms with Crippen LogP contribution in [0, 0.1) is 5.92 Å². The molecule has 0 saturated heterocycles. The number of nitrogens with one attached hydrogen (secondary N) is 1. The molecule has 0 aliphatic heterocycles. The molecule has 0 bridgehead atoms. The summed E-state index contributed by atoms with van der Waals surface area (Å²) in [5.74, 6) is -2.07. The molecule has 2 rings (SSSR count). The van der Waals surface area contributed by atoms with Crippen LogP contribution in [-0.2, 0) is 11.0 Å². The second-order valence-electron chi connectivity index (χ2n) is 5.03. The van der Waals surface area contributed by atoms with Crippen molar-refractivity contribution in [3.63, 3.8) is 0 Å². The molecule has 0 atom stereocenters. The highest BCUT2D eigenvalue weighted by atomic mass is 19.4. The first-order valence-corrected chi connectivity index (χ1v) is 6.54. The number of hydrogen-bond acceptors (Lipinski definition) is 2. The summed E-state index contributed by atoms with van der Waals surface area (Å²) in [5.41, 5.74) is -1.65. The van der Waals surface area contributed by atoms with Gasteiger partial charge in [-0.3, -0.25) is 4.79 Å². The van der Waals surface area contributed by atoms with E-state index in [-0.39, 0.29) is 17.2 Å². The number of carbonyl (C=O) groups excluding carboxylic acids is 1. The predicted octanol–water partition coefficient (Wildman–Crippen LogP) is 3.53. The number of rotatable bonds is 3. The maximum absolute atomic E-state index is 12.7. The molecule has 0 radical (unpaired) electrons. The van der Waals surface area contributed by atoms with Crippen molar-refractivity contribution < 1.29 is 27.9 Å². The minimum Gasteiger partial charge on any atom is -0.478 e. The number of benzene rings is 1. The van der Waals surface area contributed by atoms with Gasteiger partial charge in [0.1, 0.15) is 0 Å². The van der Waals surface area contributed by atoms with Crippen LogP contribution in [0.2, 0.25) is 0 Å². The molecule has 1 aromatic rings. The van der Waals surface area contributed by atoms with Gasteiger partial charge in [-0.15, -0.1) is 0 Å². The third-order valence-corrected chi connectivity index (χ3v) is 3.56. The molecule has 1 amide bonds. The van der Waals surface area contributed by atoms with E-state index in [2.05, 4.69) is 5.32 Å². The Kier molecular flexibility index (Phi) is 4.20.